The van der Waals surface area contributed by atoms with Crippen LogP contribution in [0.15, 0.2) is 41.1 Å². The maximum atomic E-state index is 10.4. The predicted octanol–water partition coefficient (Wildman–Crippen LogP) is 3.89. The Morgan fingerprint density at radius 1 is 1.10 bits per heavy atom. The fourth-order valence-corrected chi connectivity index (χ4v) is 2.31. The van der Waals surface area contributed by atoms with Gasteiger partial charge in [-0.25, -0.2) is 9.97 Å². The van der Waals surface area contributed by atoms with E-state index in [1.54, 1.807) is 6.20 Å². The first-order chi connectivity index (χ1) is 9.48. The van der Waals surface area contributed by atoms with Crippen LogP contribution in [0.4, 0.5) is 0 Å². The van der Waals surface area contributed by atoms with Gasteiger partial charge < -0.3 is 9.52 Å². The molecule has 0 saturated heterocycles. The molecule has 0 atom stereocenters. The summed E-state index contributed by atoms with van der Waals surface area (Å²) in [6.45, 7) is 6.29. The van der Waals surface area contributed by atoms with Crippen molar-refractivity contribution in [3.63, 3.8) is 0 Å². The fraction of sp³-hybridized carbons (Fsp3) is 0.250. The van der Waals surface area contributed by atoms with Crippen molar-refractivity contribution in [1.29, 1.82) is 0 Å². The monoisotopic (exact) mass is 268 g/mol. The lowest BCUT2D eigenvalue weighted by atomic mass is 9.87. The van der Waals surface area contributed by atoms with Crippen LogP contribution in [0.25, 0.3) is 22.4 Å². The topological polar surface area (TPSA) is 59.2 Å². The van der Waals surface area contributed by atoms with Crippen LogP contribution in [-0.2, 0) is 5.41 Å². The largest absolute Gasteiger partial charge is 0.505 e. The molecule has 2 aromatic heterocycles. The average molecular weight is 268 g/mol. The number of pyridine rings is 1. The molecule has 0 aliphatic carbocycles. The minimum absolute atomic E-state index is 0.107. The lowest BCUT2D eigenvalue weighted by Gasteiger charge is -2.21. The van der Waals surface area contributed by atoms with Gasteiger partial charge in [-0.05, 0) is 0 Å². The number of fused-ring (bicyclic) bond motifs is 1. The third-order valence-corrected chi connectivity index (χ3v) is 3.23. The number of oxazole rings is 1. The van der Waals surface area contributed by atoms with E-state index in [4.69, 9.17) is 4.42 Å². The van der Waals surface area contributed by atoms with Crippen LogP contribution in [0.2, 0.25) is 0 Å². The Morgan fingerprint density at radius 2 is 1.80 bits per heavy atom. The molecule has 0 radical (unpaired) electrons. The zero-order valence-corrected chi connectivity index (χ0v) is 11.7. The van der Waals surface area contributed by atoms with Crippen LogP contribution in [0.1, 0.15) is 26.5 Å². The first-order valence-corrected chi connectivity index (χ1v) is 6.50. The van der Waals surface area contributed by atoms with Crippen molar-refractivity contribution in [2.75, 3.05) is 0 Å². The summed E-state index contributed by atoms with van der Waals surface area (Å²) >= 11 is 0. The predicted molar refractivity (Wildman–Crippen MR) is 77.6 cm³/mol. The van der Waals surface area contributed by atoms with Crippen LogP contribution < -0.4 is 0 Å². The summed E-state index contributed by atoms with van der Waals surface area (Å²) in [5, 5.41) is 12.2. The summed E-state index contributed by atoms with van der Waals surface area (Å²) in [6.07, 6.45) is 3.02. The molecule has 102 valence electrons. The summed E-state index contributed by atoms with van der Waals surface area (Å²) in [7, 11) is 0. The summed E-state index contributed by atoms with van der Waals surface area (Å²) < 4.78 is 5.28. The van der Waals surface area contributed by atoms with Crippen molar-refractivity contribution in [1.82, 2.24) is 9.97 Å². The highest BCUT2D eigenvalue weighted by atomic mass is 16.3. The van der Waals surface area contributed by atoms with Crippen LogP contribution in [0, 0.1) is 0 Å². The van der Waals surface area contributed by atoms with E-state index in [-0.39, 0.29) is 11.2 Å². The molecule has 0 fully saturated rings. The molecule has 1 N–H and O–H groups in total. The Kier molecular flexibility index (Phi) is 2.74. The van der Waals surface area contributed by atoms with Crippen molar-refractivity contribution in [3.05, 3.63) is 42.4 Å². The van der Waals surface area contributed by atoms with Crippen molar-refractivity contribution in [3.8, 4) is 17.3 Å². The van der Waals surface area contributed by atoms with E-state index in [0.29, 0.717) is 11.6 Å². The first-order valence-electron chi connectivity index (χ1n) is 6.50. The molecule has 0 bridgehead atoms. The molecule has 3 rings (SSSR count). The van der Waals surface area contributed by atoms with Gasteiger partial charge in [0.15, 0.2) is 11.4 Å². The molecule has 0 spiro atoms. The van der Waals surface area contributed by atoms with E-state index < -0.39 is 0 Å². The standard InChI is InChI=1S/C16H16N2O2/c1-16(2,3)14-11-7-5-4-6-10(11)13(19)12(18-14)15-17-8-9-20-15/h4-9,19H,1-3H3. The Labute approximate surface area is 117 Å². The second kappa shape index (κ2) is 4.34. The summed E-state index contributed by atoms with van der Waals surface area (Å²) in [5.74, 6) is 0.440. The van der Waals surface area contributed by atoms with Gasteiger partial charge in [-0.2, -0.15) is 0 Å². The molecule has 2 heterocycles. The zero-order chi connectivity index (χ0) is 14.3. The maximum Gasteiger partial charge on any atom is 0.248 e. The smallest absolute Gasteiger partial charge is 0.248 e. The third kappa shape index (κ3) is 1.93. The lowest BCUT2D eigenvalue weighted by molar-refractivity contribution is 0.473. The number of rotatable bonds is 1. The Hall–Kier alpha value is -2.36. The van der Waals surface area contributed by atoms with Gasteiger partial charge in [-0.3, -0.25) is 0 Å². The average Bonchev–Trinajstić information content (AvgIpc) is 2.92. The van der Waals surface area contributed by atoms with Crippen molar-refractivity contribution >= 4 is 10.8 Å². The minimum Gasteiger partial charge on any atom is -0.505 e. The van der Waals surface area contributed by atoms with E-state index in [1.165, 1.54) is 6.26 Å². The highest BCUT2D eigenvalue weighted by Gasteiger charge is 2.24. The molecule has 0 aliphatic heterocycles. The van der Waals surface area contributed by atoms with E-state index in [1.807, 2.05) is 24.3 Å². The summed E-state index contributed by atoms with van der Waals surface area (Å²) in [5.41, 5.74) is 1.16. The van der Waals surface area contributed by atoms with Gasteiger partial charge >= 0.3 is 0 Å². The second-order valence-electron chi connectivity index (χ2n) is 5.79. The molecule has 20 heavy (non-hydrogen) atoms. The molecule has 0 saturated carbocycles. The number of hydrogen-bond acceptors (Lipinski definition) is 4. The normalized spacial score (nSPS) is 11.9. The fourth-order valence-electron chi connectivity index (χ4n) is 2.31. The van der Waals surface area contributed by atoms with Crippen LogP contribution in [0.5, 0.6) is 5.75 Å². The molecule has 4 nitrogen and oxygen atoms in total. The SMILES string of the molecule is CC(C)(C)c1nc(-c2ncco2)c(O)c2ccccc12. The van der Waals surface area contributed by atoms with E-state index >= 15 is 0 Å². The number of aromatic hydroxyl groups is 1. The van der Waals surface area contributed by atoms with Gasteiger partial charge in [0, 0.05) is 16.2 Å². The van der Waals surface area contributed by atoms with Gasteiger partial charge in [0.2, 0.25) is 5.89 Å². The highest BCUT2D eigenvalue weighted by molar-refractivity contribution is 5.94. The van der Waals surface area contributed by atoms with Gasteiger partial charge in [0.1, 0.15) is 6.26 Å². The minimum atomic E-state index is -0.144. The first kappa shape index (κ1) is 12.7. The molecule has 3 aromatic rings. The molecule has 4 heteroatoms. The third-order valence-electron chi connectivity index (χ3n) is 3.23. The van der Waals surface area contributed by atoms with E-state index in [2.05, 4.69) is 30.7 Å². The number of hydrogen-bond donors (Lipinski definition) is 1. The van der Waals surface area contributed by atoms with Gasteiger partial charge in [-0.15, -0.1) is 0 Å². The van der Waals surface area contributed by atoms with Crippen molar-refractivity contribution in [2.24, 2.45) is 0 Å². The van der Waals surface area contributed by atoms with Gasteiger partial charge in [0.05, 0.1) is 11.9 Å². The Balaban J connectivity index is 2.41. The molecular formula is C16H16N2O2. The molecule has 0 amide bonds. The number of aromatic nitrogens is 2. The van der Waals surface area contributed by atoms with Crippen molar-refractivity contribution in [2.45, 2.75) is 26.2 Å². The van der Waals surface area contributed by atoms with E-state index in [0.717, 1.165) is 16.5 Å². The maximum absolute atomic E-state index is 10.4. The quantitative estimate of drug-likeness (QED) is 0.727. The number of benzene rings is 1. The second-order valence-corrected chi connectivity index (χ2v) is 5.79. The molecule has 0 aliphatic rings. The number of nitrogens with zero attached hydrogens (tertiary/aromatic N) is 2. The van der Waals surface area contributed by atoms with Crippen LogP contribution in [-0.4, -0.2) is 15.1 Å². The lowest BCUT2D eigenvalue weighted by Crippen LogP contribution is -2.14. The Bertz CT molecular complexity index is 756. The Morgan fingerprint density at radius 3 is 2.40 bits per heavy atom. The van der Waals surface area contributed by atoms with Gasteiger partial charge in [-0.1, -0.05) is 45.0 Å². The summed E-state index contributed by atoms with van der Waals surface area (Å²) in [6, 6.07) is 7.70. The van der Waals surface area contributed by atoms with E-state index in [9.17, 15) is 5.11 Å². The molecule has 1 aromatic carbocycles. The highest BCUT2D eigenvalue weighted by Crippen LogP contribution is 2.38. The van der Waals surface area contributed by atoms with Crippen LogP contribution >= 0.6 is 0 Å². The molecular weight excluding hydrogens is 252 g/mol. The van der Waals surface area contributed by atoms with Crippen LogP contribution in [0.3, 0.4) is 0 Å². The summed E-state index contributed by atoms with van der Waals surface area (Å²) in [4.78, 5) is 8.70. The molecule has 0 unspecified atom stereocenters. The van der Waals surface area contributed by atoms with Gasteiger partial charge in [0.25, 0.3) is 0 Å². The zero-order valence-electron chi connectivity index (χ0n) is 11.7. The van der Waals surface area contributed by atoms with Crippen molar-refractivity contribution < 1.29 is 9.52 Å².